The molecule has 0 atom stereocenters. The van der Waals surface area contributed by atoms with Crippen molar-refractivity contribution in [2.24, 2.45) is 4.99 Å². The van der Waals surface area contributed by atoms with Crippen LogP contribution < -0.4 is 15.4 Å². The van der Waals surface area contributed by atoms with E-state index in [4.69, 9.17) is 4.74 Å². The van der Waals surface area contributed by atoms with Gasteiger partial charge in [-0.3, -0.25) is 9.98 Å². The second kappa shape index (κ2) is 10.1. The van der Waals surface area contributed by atoms with Crippen LogP contribution in [0.1, 0.15) is 16.8 Å². The van der Waals surface area contributed by atoms with Gasteiger partial charge in [-0.2, -0.15) is 0 Å². The first-order valence-electron chi connectivity index (χ1n) is 9.03. The summed E-state index contributed by atoms with van der Waals surface area (Å²) in [4.78, 5) is 8.47. The smallest absolute Gasteiger partial charge is 0.191 e. The van der Waals surface area contributed by atoms with Crippen molar-refractivity contribution in [3.05, 3.63) is 95.6 Å². The Kier molecular flexibility index (Phi) is 6.95. The van der Waals surface area contributed by atoms with Crippen molar-refractivity contribution >= 4 is 5.96 Å². The first-order valence-corrected chi connectivity index (χ1v) is 9.03. The topological polar surface area (TPSA) is 58.5 Å². The maximum Gasteiger partial charge on any atom is 0.191 e. The van der Waals surface area contributed by atoms with Crippen molar-refractivity contribution in [2.75, 3.05) is 7.05 Å². The lowest BCUT2D eigenvalue weighted by Crippen LogP contribution is -2.36. The largest absolute Gasteiger partial charge is 0.487 e. The summed E-state index contributed by atoms with van der Waals surface area (Å²) in [6.07, 6.45) is 1.75. The van der Waals surface area contributed by atoms with Crippen LogP contribution in [0, 0.1) is 5.82 Å². The van der Waals surface area contributed by atoms with Gasteiger partial charge in [0.05, 0.1) is 5.69 Å². The number of rotatable bonds is 7. The van der Waals surface area contributed by atoms with Crippen LogP contribution in [0.25, 0.3) is 0 Å². The Morgan fingerprint density at radius 3 is 2.46 bits per heavy atom. The van der Waals surface area contributed by atoms with Gasteiger partial charge in [-0.05, 0) is 47.5 Å². The van der Waals surface area contributed by atoms with Crippen LogP contribution in [-0.4, -0.2) is 18.0 Å². The normalized spacial score (nSPS) is 11.1. The van der Waals surface area contributed by atoms with Gasteiger partial charge in [0.1, 0.15) is 18.2 Å². The molecular weight excluding hydrogens is 355 g/mol. The Morgan fingerprint density at radius 1 is 0.964 bits per heavy atom. The van der Waals surface area contributed by atoms with Crippen LogP contribution in [0.4, 0.5) is 4.39 Å². The molecule has 0 fully saturated rings. The Balaban J connectivity index is 1.49. The van der Waals surface area contributed by atoms with Crippen molar-refractivity contribution in [1.82, 2.24) is 15.6 Å². The summed E-state index contributed by atoms with van der Waals surface area (Å²) in [5, 5.41) is 6.48. The molecule has 2 aromatic carbocycles. The van der Waals surface area contributed by atoms with Gasteiger partial charge in [0, 0.05) is 26.3 Å². The molecular formula is C22H23FN4O. The molecule has 1 heterocycles. The predicted molar refractivity (Wildman–Crippen MR) is 108 cm³/mol. The van der Waals surface area contributed by atoms with Crippen molar-refractivity contribution < 1.29 is 9.13 Å². The molecule has 0 aliphatic carbocycles. The van der Waals surface area contributed by atoms with E-state index >= 15 is 0 Å². The predicted octanol–water partition coefficient (Wildman–Crippen LogP) is 3.66. The molecule has 1 aromatic heterocycles. The summed E-state index contributed by atoms with van der Waals surface area (Å²) < 4.78 is 18.8. The van der Waals surface area contributed by atoms with E-state index in [1.165, 1.54) is 12.1 Å². The minimum atomic E-state index is -0.239. The number of aromatic nitrogens is 1. The van der Waals surface area contributed by atoms with E-state index < -0.39 is 0 Å². The van der Waals surface area contributed by atoms with E-state index in [0.29, 0.717) is 25.7 Å². The molecule has 144 valence electrons. The van der Waals surface area contributed by atoms with Gasteiger partial charge in [-0.15, -0.1) is 0 Å². The molecule has 0 amide bonds. The molecule has 3 aromatic rings. The van der Waals surface area contributed by atoms with Crippen LogP contribution in [-0.2, 0) is 19.7 Å². The number of hydrogen-bond acceptors (Lipinski definition) is 3. The third-order valence-corrected chi connectivity index (χ3v) is 4.07. The van der Waals surface area contributed by atoms with Crippen LogP contribution in [0.15, 0.2) is 77.9 Å². The summed E-state index contributed by atoms with van der Waals surface area (Å²) >= 11 is 0. The Morgan fingerprint density at radius 2 is 1.75 bits per heavy atom. The fourth-order valence-electron chi connectivity index (χ4n) is 2.58. The van der Waals surface area contributed by atoms with Gasteiger partial charge < -0.3 is 15.4 Å². The maximum atomic E-state index is 13.0. The number of pyridine rings is 1. The second-order valence-electron chi connectivity index (χ2n) is 6.16. The van der Waals surface area contributed by atoms with E-state index in [9.17, 15) is 4.39 Å². The lowest BCUT2D eigenvalue weighted by atomic mass is 10.2. The zero-order chi connectivity index (χ0) is 19.6. The molecule has 0 spiro atoms. The monoisotopic (exact) mass is 378 g/mol. The maximum absolute atomic E-state index is 13.0. The minimum Gasteiger partial charge on any atom is -0.487 e. The number of nitrogens with one attached hydrogen (secondary N) is 2. The molecule has 0 bridgehead atoms. The van der Waals surface area contributed by atoms with Crippen molar-refractivity contribution in [3.8, 4) is 5.75 Å². The Bertz CT molecular complexity index is 898. The first kappa shape index (κ1) is 19.4. The standard InChI is InChI=1S/C22H23FN4O/c1-24-22(26-14-17-8-10-19(23)11-9-17)27-15-18-5-4-7-21(13-18)28-16-20-6-2-3-12-25-20/h2-13H,14-16H2,1H3,(H2,24,26,27). The molecule has 5 nitrogen and oxygen atoms in total. The molecule has 0 aliphatic rings. The van der Waals surface area contributed by atoms with Gasteiger partial charge in [0.25, 0.3) is 0 Å². The number of nitrogens with zero attached hydrogens (tertiary/aromatic N) is 2. The molecule has 0 saturated heterocycles. The SMILES string of the molecule is CN=C(NCc1ccc(F)cc1)NCc1cccc(OCc2ccccn2)c1. The summed E-state index contributed by atoms with van der Waals surface area (Å²) in [7, 11) is 1.71. The van der Waals surface area contributed by atoms with Gasteiger partial charge in [-0.25, -0.2) is 4.39 Å². The van der Waals surface area contributed by atoms with E-state index in [1.54, 1.807) is 25.4 Å². The highest BCUT2D eigenvalue weighted by molar-refractivity contribution is 5.79. The second-order valence-corrected chi connectivity index (χ2v) is 6.16. The average molecular weight is 378 g/mol. The zero-order valence-electron chi connectivity index (χ0n) is 15.7. The quantitative estimate of drug-likeness (QED) is 0.487. The average Bonchev–Trinajstić information content (AvgIpc) is 2.75. The van der Waals surface area contributed by atoms with E-state index in [-0.39, 0.29) is 5.82 Å². The van der Waals surface area contributed by atoms with E-state index in [2.05, 4.69) is 20.6 Å². The number of ether oxygens (including phenoxy) is 1. The Hall–Kier alpha value is -3.41. The molecule has 0 aliphatic heterocycles. The van der Waals surface area contributed by atoms with Crippen molar-refractivity contribution in [1.29, 1.82) is 0 Å². The van der Waals surface area contributed by atoms with Crippen LogP contribution in [0.3, 0.4) is 0 Å². The van der Waals surface area contributed by atoms with Crippen LogP contribution in [0.2, 0.25) is 0 Å². The number of hydrogen-bond donors (Lipinski definition) is 2. The fourth-order valence-corrected chi connectivity index (χ4v) is 2.58. The van der Waals surface area contributed by atoms with E-state index in [1.807, 2.05) is 42.5 Å². The first-order chi connectivity index (χ1) is 13.7. The van der Waals surface area contributed by atoms with Crippen molar-refractivity contribution in [2.45, 2.75) is 19.7 Å². The van der Waals surface area contributed by atoms with Gasteiger partial charge in [0.2, 0.25) is 0 Å². The van der Waals surface area contributed by atoms with E-state index in [0.717, 1.165) is 22.6 Å². The molecule has 0 radical (unpaired) electrons. The summed E-state index contributed by atoms with van der Waals surface area (Å²) in [6.45, 7) is 1.59. The summed E-state index contributed by atoms with van der Waals surface area (Å²) in [5.41, 5.74) is 2.94. The lowest BCUT2D eigenvalue weighted by molar-refractivity contribution is 0.301. The van der Waals surface area contributed by atoms with Crippen LogP contribution in [0.5, 0.6) is 5.75 Å². The highest BCUT2D eigenvalue weighted by atomic mass is 19.1. The highest BCUT2D eigenvalue weighted by Crippen LogP contribution is 2.14. The number of aliphatic imine (C=N–C) groups is 1. The Labute approximate surface area is 164 Å². The zero-order valence-corrected chi connectivity index (χ0v) is 15.7. The molecule has 28 heavy (non-hydrogen) atoms. The lowest BCUT2D eigenvalue weighted by Gasteiger charge is -2.13. The molecule has 2 N–H and O–H groups in total. The minimum absolute atomic E-state index is 0.239. The van der Waals surface area contributed by atoms with Gasteiger partial charge in [-0.1, -0.05) is 30.3 Å². The third-order valence-electron chi connectivity index (χ3n) is 4.07. The fraction of sp³-hybridized carbons (Fsp3) is 0.182. The molecule has 0 unspecified atom stereocenters. The highest BCUT2D eigenvalue weighted by Gasteiger charge is 2.02. The molecule has 3 rings (SSSR count). The third kappa shape index (κ3) is 6.09. The molecule has 0 saturated carbocycles. The summed E-state index contributed by atoms with van der Waals surface area (Å²) in [6, 6.07) is 20.0. The van der Waals surface area contributed by atoms with Crippen molar-refractivity contribution in [3.63, 3.8) is 0 Å². The van der Waals surface area contributed by atoms with Crippen LogP contribution >= 0.6 is 0 Å². The molecule has 6 heteroatoms. The number of halogens is 1. The van der Waals surface area contributed by atoms with Gasteiger partial charge in [0.15, 0.2) is 5.96 Å². The number of benzene rings is 2. The van der Waals surface area contributed by atoms with Gasteiger partial charge >= 0.3 is 0 Å². The number of guanidine groups is 1. The summed E-state index contributed by atoms with van der Waals surface area (Å²) in [5.74, 6) is 1.22.